The molecule has 0 saturated heterocycles. The first kappa shape index (κ1) is 23.8. The summed E-state index contributed by atoms with van der Waals surface area (Å²) < 4.78 is 0. The molecule has 0 aliphatic heterocycles. The number of aryl methyl sites for hydroxylation is 1. The van der Waals surface area contributed by atoms with E-state index in [1.807, 2.05) is 6.92 Å². The molecule has 0 N–H and O–H groups in total. The fraction of sp³-hybridized carbons (Fsp3) is 0.435. The van der Waals surface area contributed by atoms with Gasteiger partial charge in [0.2, 0.25) is 0 Å². The molecule has 154 valence electrons. The molecule has 0 heterocycles. The number of halogens is 1. The van der Waals surface area contributed by atoms with E-state index in [9.17, 15) is 0 Å². The van der Waals surface area contributed by atoms with Gasteiger partial charge >= 0.3 is 0 Å². The topological polar surface area (TPSA) is 3.24 Å². The lowest BCUT2D eigenvalue weighted by atomic mass is 9.93. The van der Waals surface area contributed by atoms with Crippen LogP contribution >= 0.6 is 41.4 Å². The number of nitrogens with zero attached hydrogens (tertiary/aromatic N) is 1. The van der Waals surface area contributed by atoms with E-state index >= 15 is 0 Å². The Balaban J connectivity index is 2.12. The van der Waals surface area contributed by atoms with Gasteiger partial charge in [-0.25, -0.2) is 0 Å². The van der Waals surface area contributed by atoms with Gasteiger partial charge in [-0.2, -0.15) is 0 Å². The second-order valence-electron chi connectivity index (χ2n) is 7.89. The van der Waals surface area contributed by atoms with Gasteiger partial charge in [-0.05, 0) is 61.5 Å². The third kappa shape index (κ3) is 6.80. The van der Waals surface area contributed by atoms with Crippen molar-refractivity contribution in [1.82, 2.24) is 4.90 Å². The maximum atomic E-state index is 6.38. The van der Waals surface area contributed by atoms with E-state index in [2.05, 4.69) is 68.1 Å². The predicted molar refractivity (Wildman–Crippen MR) is 138 cm³/mol. The largest absolute Gasteiger partial charge is 0.375 e. The molecule has 1 aromatic rings. The van der Waals surface area contributed by atoms with Crippen molar-refractivity contribution >= 4 is 47.7 Å². The Bertz CT molecular complexity index is 809. The molecular formula is C23H33ClNPS2. The number of allylic oxidation sites excluding steroid dienone is 4. The molecule has 0 aromatic heterocycles. The Kier molecular flexibility index (Phi) is 8.95. The minimum absolute atomic E-state index is 0.186. The lowest BCUT2D eigenvalue weighted by Gasteiger charge is -2.33. The first-order valence-corrected chi connectivity index (χ1v) is 14.5. The third-order valence-electron chi connectivity index (χ3n) is 5.47. The van der Waals surface area contributed by atoms with Gasteiger partial charge in [0.05, 0.1) is 0 Å². The Hall–Kier alpha value is -0.470. The van der Waals surface area contributed by atoms with Crippen LogP contribution in [0.3, 0.4) is 0 Å². The van der Waals surface area contributed by atoms with Crippen LogP contribution in [0.2, 0.25) is 5.02 Å². The molecule has 0 bridgehead atoms. The van der Waals surface area contributed by atoms with Crippen LogP contribution in [0.5, 0.6) is 0 Å². The van der Waals surface area contributed by atoms with Crippen molar-refractivity contribution in [2.45, 2.75) is 45.7 Å². The Morgan fingerprint density at radius 1 is 1.36 bits per heavy atom. The van der Waals surface area contributed by atoms with Gasteiger partial charge in [0, 0.05) is 29.5 Å². The molecule has 0 radical (unpaired) electrons. The molecule has 1 aliphatic rings. The minimum atomic E-state index is -1.93. The summed E-state index contributed by atoms with van der Waals surface area (Å²) in [4.78, 5) is 2.39. The lowest BCUT2D eigenvalue weighted by molar-refractivity contribution is 0.306. The van der Waals surface area contributed by atoms with Crippen LogP contribution in [-0.4, -0.2) is 24.3 Å². The van der Waals surface area contributed by atoms with Crippen LogP contribution in [0.4, 0.5) is 0 Å². The van der Waals surface area contributed by atoms with Crippen LogP contribution in [0, 0.1) is 12.8 Å². The van der Waals surface area contributed by atoms with E-state index in [1.165, 1.54) is 11.1 Å². The van der Waals surface area contributed by atoms with Gasteiger partial charge in [0.15, 0.2) is 0 Å². The van der Waals surface area contributed by atoms with Gasteiger partial charge in [-0.3, -0.25) is 0 Å². The monoisotopic (exact) mass is 453 g/mol. The smallest absolute Gasteiger partial charge is 0.0438 e. The second-order valence-corrected chi connectivity index (χ2v) is 15.7. The molecule has 2 unspecified atom stereocenters. The normalized spacial score (nSPS) is 16.4. The van der Waals surface area contributed by atoms with Crippen LogP contribution in [0.25, 0.3) is 0 Å². The van der Waals surface area contributed by atoms with E-state index in [0.717, 1.165) is 48.6 Å². The van der Waals surface area contributed by atoms with Gasteiger partial charge in [0.25, 0.3) is 0 Å². The summed E-state index contributed by atoms with van der Waals surface area (Å²) in [6.45, 7) is 12.5. The highest BCUT2D eigenvalue weighted by molar-refractivity contribution is 8.83. The average Bonchev–Trinajstić information content (AvgIpc) is 2.63. The number of hydrogen-bond acceptors (Lipinski definition) is 3. The molecule has 2 atom stereocenters. The van der Waals surface area contributed by atoms with Crippen molar-refractivity contribution in [3.05, 3.63) is 70.4 Å². The molecule has 0 spiro atoms. The molecular weight excluding hydrogens is 421 g/mol. The summed E-state index contributed by atoms with van der Waals surface area (Å²) in [7, 11) is 0. The van der Waals surface area contributed by atoms with E-state index in [4.69, 9.17) is 36.1 Å². The Morgan fingerprint density at radius 3 is 2.61 bits per heavy atom. The van der Waals surface area contributed by atoms with Gasteiger partial charge in [-0.15, -0.1) is 24.5 Å². The fourth-order valence-corrected chi connectivity index (χ4v) is 6.47. The molecule has 2 rings (SSSR count). The molecule has 0 saturated carbocycles. The van der Waals surface area contributed by atoms with Crippen LogP contribution < -0.4 is 0 Å². The first-order chi connectivity index (χ1) is 13.1. The maximum Gasteiger partial charge on any atom is 0.0438 e. The Labute approximate surface area is 187 Å². The van der Waals surface area contributed by atoms with Crippen molar-refractivity contribution in [3.8, 4) is 0 Å². The van der Waals surface area contributed by atoms with E-state index < -0.39 is 5.29 Å². The van der Waals surface area contributed by atoms with Crippen LogP contribution in [0.1, 0.15) is 49.9 Å². The number of thiol groups is 2. The fourth-order valence-electron chi connectivity index (χ4n) is 3.62. The second kappa shape index (κ2) is 10.5. The van der Waals surface area contributed by atoms with Gasteiger partial charge in [-0.1, -0.05) is 67.3 Å². The van der Waals surface area contributed by atoms with Crippen molar-refractivity contribution in [2.75, 3.05) is 13.1 Å². The zero-order valence-electron chi connectivity index (χ0n) is 17.2. The third-order valence-corrected chi connectivity index (χ3v) is 9.10. The predicted octanol–water partition coefficient (Wildman–Crippen LogP) is 7.97. The Morgan fingerprint density at radius 2 is 2.07 bits per heavy atom. The van der Waals surface area contributed by atoms with Crippen LogP contribution in [-0.2, 0) is 0 Å². The summed E-state index contributed by atoms with van der Waals surface area (Å²) >= 11 is 16.0. The molecule has 1 aliphatic carbocycles. The standard InChI is InChI=1S/C23H33ClNPS2/c1-17(2)25(16-19(4)20-9-7-6-8-10-20)14-13-23(26(5,27)28)21-12-11-18(3)22(24)15-21/h6-7,9,11-12,15,19,23,27-28H,1,5,8,10,13-14,16H2,2-4H3. The molecule has 1 aromatic carbocycles. The van der Waals surface area contributed by atoms with Crippen molar-refractivity contribution in [2.24, 2.45) is 5.92 Å². The summed E-state index contributed by atoms with van der Waals surface area (Å²) in [5.74, 6) is 0.514. The van der Waals surface area contributed by atoms with Crippen molar-refractivity contribution in [3.63, 3.8) is 0 Å². The number of rotatable bonds is 9. The molecule has 0 amide bonds. The van der Waals surface area contributed by atoms with Crippen molar-refractivity contribution < 1.29 is 0 Å². The molecule has 28 heavy (non-hydrogen) atoms. The highest BCUT2D eigenvalue weighted by Gasteiger charge is 2.24. The van der Waals surface area contributed by atoms with Crippen molar-refractivity contribution in [1.29, 1.82) is 0 Å². The summed E-state index contributed by atoms with van der Waals surface area (Å²) in [5.41, 5.74) is 5.08. The lowest BCUT2D eigenvalue weighted by Crippen LogP contribution is -2.29. The van der Waals surface area contributed by atoms with Crippen LogP contribution in [0.15, 0.2) is 54.3 Å². The number of hydrogen-bond donors (Lipinski definition) is 2. The molecule has 1 nitrogen and oxygen atoms in total. The van der Waals surface area contributed by atoms with E-state index in [-0.39, 0.29) is 5.66 Å². The average molecular weight is 454 g/mol. The molecule has 0 fully saturated rings. The number of benzene rings is 1. The summed E-state index contributed by atoms with van der Waals surface area (Å²) in [5, 5.41) is -1.13. The first-order valence-electron chi connectivity index (χ1n) is 9.80. The van der Waals surface area contributed by atoms with Gasteiger partial charge in [0.1, 0.15) is 0 Å². The zero-order chi connectivity index (χ0) is 20.9. The minimum Gasteiger partial charge on any atom is -0.375 e. The highest BCUT2D eigenvalue weighted by atomic mass is 35.5. The summed E-state index contributed by atoms with van der Waals surface area (Å²) in [6, 6.07) is 6.27. The van der Waals surface area contributed by atoms with Gasteiger partial charge < -0.3 is 4.90 Å². The maximum absolute atomic E-state index is 6.38. The van der Waals surface area contributed by atoms with E-state index in [1.54, 1.807) is 0 Å². The zero-order valence-corrected chi connectivity index (χ0v) is 20.7. The summed E-state index contributed by atoms with van der Waals surface area (Å²) in [6.07, 6.45) is 14.2. The highest BCUT2D eigenvalue weighted by Crippen LogP contribution is 2.67. The quantitative estimate of drug-likeness (QED) is 0.283. The van der Waals surface area contributed by atoms with E-state index in [0.29, 0.717) is 5.92 Å². The molecule has 5 heteroatoms. The SMILES string of the molecule is C=C(C)N(CCC(c1ccc(C)c(Cl)c1)P(=C)(S)S)CC(C)C1=CC=CCC1.